The fourth-order valence-corrected chi connectivity index (χ4v) is 2.73. The Morgan fingerprint density at radius 3 is 2.71 bits per heavy atom. The first-order valence-corrected chi connectivity index (χ1v) is 6.30. The van der Waals surface area contributed by atoms with Gasteiger partial charge in [-0.25, -0.2) is 0 Å². The molecule has 0 bridgehead atoms. The number of amides is 1. The topological polar surface area (TPSA) is 67.9 Å². The van der Waals surface area contributed by atoms with Gasteiger partial charge in [-0.2, -0.15) is 10.5 Å². The highest BCUT2D eigenvalue weighted by Gasteiger charge is 2.25. The predicted molar refractivity (Wildman–Crippen MR) is 63.3 cm³/mol. The number of thiophene rings is 1. The highest BCUT2D eigenvalue weighted by Crippen LogP contribution is 2.22. The van der Waals surface area contributed by atoms with Crippen LogP contribution in [0.25, 0.3) is 0 Å². The van der Waals surface area contributed by atoms with E-state index in [1.54, 1.807) is 16.3 Å². The van der Waals surface area contributed by atoms with E-state index in [1.165, 1.54) is 11.3 Å². The standard InChI is InChI=1S/C12H11N3OS/c13-7-9-1-4-15(5-2-9)12(16)11-10(8-14)3-6-17-11/h3,6,9H,1-2,4-5H2. The molecular weight excluding hydrogens is 234 g/mol. The third-order valence-corrected chi connectivity index (χ3v) is 3.85. The second-order valence-corrected chi connectivity index (χ2v) is 4.89. The van der Waals surface area contributed by atoms with E-state index in [9.17, 15) is 4.79 Å². The Hall–Kier alpha value is -1.85. The Labute approximate surface area is 104 Å². The maximum Gasteiger partial charge on any atom is 0.265 e. The Morgan fingerprint density at radius 2 is 2.12 bits per heavy atom. The van der Waals surface area contributed by atoms with Gasteiger partial charge in [0.05, 0.1) is 11.6 Å². The number of hydrogen-bond acceptors (Lipinski definition) is 4. The Bertz CT molecular complexity index is 501. The summed E-state index contributed by atoms with van der Waals surface area (Å²) in [6.07, 6.45) is 1.46. The first-order valence-electron chi connectivity index (χ1n) is 5.42. The van der Waals surface area contributed by atoms with E-state index in [2.05, 4.69) is 6.07 Å². The maximum absolute atomic E-state index is 12.1. The molecule has 0 spiro atoms. The number of rotatable bonds is 1. The highest BCUT2D eigenvalue weighted by atomic mass is 32.1. The predicted octanol–water partition coefficient (Wildman–Crippen LogP) is 2.00. The number of likely N-dealkylation sites (tertiary alicyclic amines) is 1. The first kappa shape index (κ1) is 11.6. The summed E-state index contributed by atoms with van der Waals surface area (Å²) < 4.78 is 0. The first-order chi connectivity index (χ1) is 8.26. The normalized spacial score (nSPS) is 16.2. The van der Waals surface area contributed by atoms with Crippen molar-refractivity contribution in [3.8, 4) is 12.1 Å². The average molecular weight is 245 g/mol. The van der Waals surface area contributed by atoms with Gasteiger partial charge >= 0.3 is 0 Å². The van der Waals surface area contributed by atoms with Crippen molar-refractivity contribution in [1.29, 1.82) is 10.5 Å². The van der Waals surface area contributed by atoms with Crippen LogP contribution >= 0.6 is 11.3 Å². The molecule has 0 unspecified atom stereocenters. The molecule has 1 aliphatic heterocycles. The van der Waals surface area contributed by atoms with Crippen molar-refractivity contribution >= 4 is 17.2 Å². The number of carbonyl (C=O) groups excluding carboxylic acids is 1. The van der Waals surface area contributed by atoms with Gasteiger partial charge in [-0.05, 0) is 24.3 Å². The number of hydrogen-bond donors (Lipinski definition) is 0. The number of nitriles is 2. The van der Waals surface area contributed by atoms with Crippen molar-refractivity contribution in [2.75, 3.05) is 13.1 Å². The molecule has 0 atom stereocenters. The second-order valence-electron chi connectivity index (χ2n) is 3.97. The minimum Gasteiger partial charge on any atom is -0.338 e. The summed E-state index contributed by atoms with van der Waals surface area (Å²) in [7, 11) is 0. The molecular formula is C12H11N3OS. The molecule has 0 aromatic carbocycles. The van der Waals surface area contributed by atoms with Crippen LogP contribution < -0.4 is 0 Å². The van der Waals surface area contributed by atoms with Crippen LogP contribution in [0.15, 0.2) is 11.4 Å². The van der Waals surface area contributed by atoms with Crippen LogP contribution in [0.5, 0.6) is 0 Å². The SMILES string of the molecule is N#Cc1ccsc1C(=O)N1CCC(C#N)CC1. The van der Waals surface area contributed by atoms with Gasteiger partial charge in [0.15, 0.2) is 0 Å². The third kappa shape index (κ3) is 2.30. The molecule has 2 heterocycles. The lowest BCUT2D eigenvalue weighted by molar-refractivity contribution is 0.0712. The molecule has 1 aliphatic rings. The van der Waals surface area contributed by atoms with Crippen molar-refractivity contribution in [2.45, 2.75) is 12.8 Å². The van der Waals surface area contributed by atoms with Crippen LogP contribution in [0.1, 0.15) is 28.1 Å². The average Bonchev–Trinajstić information content (AvgIpc) is 2.86. The van der Waals surface area contributed by atoms with Crippen LogP contribution in [-0.4, -0.2) is 23.9 Å². The molecule has 1 saturated heterocycles. The molecule has 4 nitrogen and oxygen atoms in total. The molecule has 86 valence electrons. The van der Waals surface area contributed by atoms with Gasteiger partial charge in [0, 0.05) is 19.0 Å². The van der Waals surface area contributed by atoms with Crippen LogP contribution in [0.3, 0.4) is 0 Å². The highest BCUT2D eigenvalue weighted by molar-refractivity contribution is 7.12. The molecule has 1 aromatic rings. The molecule has 1 fully saturated rings. The van der Waals surface area contributed by atoms with E-state index in [0.29, 0.717) is 23.5 Å². The van der Waals surface area contributed by atoms with Gasteiger partial charge in [0.2, 0.25) is 0 Å². The number of nitrogens with zero attached hydrogens (tertiary/aromatic N) is 3. The van der Waals surface area contributed by atoms with E-state index in [1.807, 2.05) is 6.07 Å². The maximum atomic E-state index is 12.1. The Balaban J connectivity index is 2.08. The van der Waals surface area contributed by atoms with Gasteiger partial charge in [0.1, 0.15) is 10.9 Å². The molecule has 2 rings (SSSR count). The number of piperidine rings is 1. The van der Waals surface area contributed by atoms with Crippen LogP contribution in [-0.2, 0) is 0 Å². The van der Waals surface area contributed by atoms with E-state index in [-0.39, 0.29) is 11.8 Å². The number of carbonyl (C=O) groups is 1. The zero-order chi connectivity index (χ0) is 12.3. The van der Waals surface area contributed by atoms with E-state index >= 15 is 0 Å². The zero-order valence-electron chi connectivity index (χ0n) is 9.22. The molecule has 17 heavy (non-hydrogen) atoms. The van der Waals surface area contributed by atoms with E-state index in [4.69, 9.17) is 10.5 Å². The smallest absolute Gasteiger partial charge is 0.265 e. The van der Waals surface area contributed by atoms with Gasteiger partial charge in [-0.3, -0.25) is 4.79 Å². The third-order valence-electron chi connectivity index (χ3n) is 2.94. The quantitative estimate of drug-likeness (QED) is 0.759. The molecule has 0 N–H and O–H groups in total. The van der Waals surface area contributed by atoms with Crippen LogP contribution in [0.4, 0.5) is 0 Å². The summed E-state index contributed by atoms with van der Waals surface area (Å²) >= 11 is 1.30. The van der Waals surface area contributed by atoms with Gasteiger partial charge in [-0.15, -0.1) is 11.3 Å². The largest absolute Gasteiger partial charge is 0.338 e. The minimum atomic E-state index is -0.0760. The summed E-state index contributed by atoms with van der Waals surface area (Å²) in [5.41, 5.74) is 0.447. The molecule has 0 saturated carbocycles. The molecule has 0 radical (unpaired) electrons. The summed E-state index contributed by atoms with van der Waals surface area (Å²) in [5, 5.41) is 19.4. The second kappa shape index (κ2) is 4.99. The van der Waals surface area contributed by atoms with Crippen molar-refractivity contribution < 1.29 is 4.79 Å². The van der Waals surface area contributed by atoms with E-state index in [0.717, 1.165) is 12.8 Å². The fraction of sp³-hybridized carbons (Fsp3) is 0.417. The summed E-state index contributed by atoms with van der Waals surface area (Å²) in [6.45, 7) is 1.22. The van der Waals surface area contributed by atoms with Gasteiger partial charge in [0.25, 0.3) is 5.91 Å². The Kier molecular flexibility index (Phi) is 3.41. The Morgan fingerprint density at radius 1 is 1.41 bits per heavy atom. The van der Waals surface area contributed by atoms with Crippen molar-refractivity contribution in [1.82, 2.24) is 4.90 Å². The molecule has 1 aromatic heterocycles. The molecule has 5 heteroatoms. The molecule has 1 amide bonds. The summed E-state index contributed by atoms with van der Waals surface area (Å²) in [4.78, 5) is 14.4. The summed E-state index contributed by atoms with van der Waals surface area (Å²) in [6, 6.07) is 5.93. The zero-order valence-corrected chi connectivity index (χ0v) is 10.0. The lowest BCUT2D eigenvalue weighted by Gasteiger charge is -2.28. The summed E-state index contributed by atoms with van der Waals surface area (Å²) in [5.74, 6) is -0.00855. The van der Waals surface area contributed by atoms with Gasteiger partial charge < -0.3 is 4.90 Å². The van der Waals surface area contributed by atoms with Crippen LogP contribution in [0, 0.1) is 28.6 Å². The lowest BCUT2D eigenvalue weighted by atomic mass is 9.98. The van der Waals surface area contributed by atoms with E-state index < -0.39 is 0 Å². The monoisotopic (exact) mass is 245 g/mol. The fourth-order valence-electron chi connectivity index (χ4n) is 1.92. The van der Waals surface area contributed by atoms with Crippen LogP contribution in [0.2, 0.25) is 0 Å². The van der Waals surface area contributed by atoms with Gasteiger partial charge in [-0.1, -0.05) is 0 Å². The minimum absolute atomic E-state index is 0.0674. The van der Waals surface area contributed by atoms with Crippen molar-refractivity contribution in [2.24, 2.45) is 5.92 Å². The lowest BCUT2D eigenvalue weighted by Crippen LogP contribution is -2.38. The van der Waals surface area contributed by atoms with Crippen molar-refractivity contribution in [3.05, 3.63) is 21.9 Å². The van der Waals surface area contributed by atoms with Crippen molar-refractivity contribution in [3.63, 3.8) is 0 Å². The molecule has 0 aliphatic carbocycles.